The Labute approximate surface area is 863 Å². The first-order chi connectivity index (χ1) is 70.6. The molecular weight excluding hydrogens is 2000 g/mol. The third kappa shape index (κ3) is 34.6. The fourth-order valence-corrected chi connectivity index (χ4v) is 13.3. The lowest BCUT2D eigenvalue weighted by Crippen LogP contribution is -2.35. The van der Waals surface area contributed by atoms with Gasteiger partial charge in [-0.25, -0.2) is 0 Å². The van der Waals surface area contributed by atoms with Crippen molar-refractivity contribution in [2.24, 2.45) is 28.7 Å². The van der Waals surface area contributed by atoms with Gasteiger partial charge < -0.3 is 122 Å². The highest BCUT2D eigenvalue weighted by Gasteiger charge is 2.25. The molecule has 49 heteroatoms. The smallest absolute Gasteiger partial charge is 0.311 e. The van der Waals surface area contributed by atoms with Gasteiger partial charge in [0.1, 0.15) is 86.2 Å². The molecule has 0 bridgehead atoms. The first kappa shape index (κ1) is 117. The number of nitro groups is 2. The summed E-state index contributed by atoms with van der Waals surface area (Å²) in [4.78, 5) is 124. The number of nitrogen functional groups attached to an aromatic ring is 1. The number of thiocarbonyl (C=S) groups is 2. The maximum Gasteiger partial charge on any atom is 0.311 e. The second-order valence-electron chi connectivity index (χ2n) is 30.0. The van der Waals surface area contributed by atoms with Crippen LogP contribution >= 0.6 is 36.0 Å². The Hall–Kier alpha value is -19.1. The van der Waals surface area contributed by atoms with Crippen molar-refractivity contribution in [2.75, 3.05) is 75.0 Å². The number of nitro benzene ring substituents is 2. The lowest BCUT2D eigenvalue weighted by Gasteiger charge is -2.15. The highest BCUT2D eigenvalue weighted by atomic mass is 35.5. The van der Waals surface area contributed by atoms with Crippen molar-refractivity contribution in [1.82, 2.24) is 34.4 Å². The average molecular weight is 2110 g/mol. The predicted molar refractivity (Wildman–Crippen MR) is 562 cm³/mol. The molecule has 0 saturated heterocycles. The molecule has 0 atom stereocenters. The summed E-state index contributed by atoms with van der Waals surface area (Å²) < 4.78 is 66.3. The van der Waals surface area contributed by atoms with Gasteiger partial charge in [0.05, 0.1) is 135 Å². The molecule has 2 aliphatic carbocycles. The second-order valence-corrected chi connectivity index (χ2v) is 31.2. The van der Waals surface area contributed by atoms with E-state index in [9.17, 15) is 49.0 Å². The number of fused-ring (bicyclic) bond motifs is 4. The summed E-state index contributed by atoms with van der Waals surface area (Å²) in [5, 5.41) is 70.3. The Morgan fingerprint density at radius 2 is 0.765 bits per heavy atom. The summed E-state index contributed by atoms with van der Waals surface area (Å²) in [7, 11) is 13.2. The minimum Gasteiger partial charge on any atom is -0.508 e. The number of carboxylic acids is 1. The Kier molecular flexibility index (Phi) is 44.4. The molecule has 4 amide bonds. The monoisotopic (exact) mass is 2100 g/mol. The number of benzene rings is 9. The van der Waals surface area contributed by atoms with Crippen LogP contribution in [0.15, 0.2) is 253 Å². The molecule has 6 aromatic heterocycles. The first-order valence-electron chi connectivity index (χ1n) is 42.9. The van der Waals surface area contributed by atoms with Crippen LogP contribution in [0.1, 0.15) is 81.5 Å². The number of amides is 4. The molecule has 6 heterocycles. The van der Waals surface area contributed by atoms with Crippen LogP contribution in [-0.2, 0) is 4.79 Å². The topological polar surface area (TPSA) is 682 Å². The molecule has 17 rings (SSSR count). The highest BCUT2D eigenvalue weighted by Crippen LogP contribution is 2.42. The zero-order valence-electron chi connectivity index (χ0n) is 80.3. The van der Waals surface area contributed by atoms with Gasteiger partial charge in [-0.15, -0.1) is 10.1 Å². The van der Waals surface area contributed by atoms with Crippen LogP contribution in [0, 0.1) is 30.3 Å². The maximum absolute atomic E-state index is 11.8. The molecule has 149 heavy (non-hydrogen) atoms. The summed E-state index contributed by atoms with van der Waals surface area (Å²) in [6.07, 6.45) is 14.2. The number of halogens is 1. The number of hydrogen-bond donors (Lipinski definition) is 12. The fourth-order valence-electron chi connectivity index (χ4n) is 12.5. The van der Waals surface area contributed by atoms with Crippen molar-refractivity contribution in [3.8, 4) is 97.7 Å². The lowest BCUT2D eigenvalue weighted by molar-refractivity contribution is -0.742. The van der Waals surface area contributed by atoms with E-state index in [1.54, 1.807) is 178 Å². The largest absolute Gasteiger partial charge is 0.508 e. The average Bonchev–Trinajstić information content (AvgIpc) is 1.75. The molecule has 0 aliphatic heterocycles. The molecule has 15 aromatic rings. The quantitative estimate of drug-likeness (QED) is 0.0122. The number of ether oxygens (including phenoxy) is 12. The Balaban J connectivity index is 0.000000236. The zero-order chi connectivity index (χ0) is 109. The number of nitrogens with two attached hydrogens (primary N) is 6. The standard InChI is InChI=1S/C22H22N4O4S.C18H15N3O6.C18H17N3O4.C11H9ClN2O2.C11H8N2O2S.C7H7NO4.C7H8O2.C3H7N.C2H4O2.CH4.HNO3/c1-28-19-11-17-14(10-15(19)21(23)27)18(7-8-24-17)30-13-5-6-16(20(9-13)29-2)26-22(31)25-12-3-4-12;1-25-16-9-13-11(8-12(16)18(19)22)15(5-6-20-13)27-10-3-4-14(21(23)24)17(7-10)26-2;1-23-16-9-14-11(8-12(16)18(20)22)15(5-6-21-14)25-10-3-4-13(19)17(7-10)24-2;1-16-10-5-9-6(4-7(10)11(13)15)8(12)2-3-14-9;14-9-5-1-3-7-12(9)11(16)13-8-4-2-6-10(13)15;1-12-7-4-5(9)2-3-6(7)8(10)11;1-9-7-4-2-3-6(8)5-7;4-3-1-2-3;1-2(3)4;;2-1(3)4/h5-12H,3-4H2,1-2H3,(H2,23,27)(H2,25,26,31);3-9H,1-2H3,(H2,19,22);3-9H,19H2,1-2H3,(H2,20,22);2-5H,1H3,(H2,13,15);1-8H;2-4,9H,1H3;2-5,8H,1H3;3H,1-2,4H2;1H3,(H,3,4);1H4;(H,2,3,4). The van der Waals surface area contributed by atoms with Crippen molar-refractivity contribution in [3.05, 3.63) is 322 Å². The summed E-state index contributed by atoms with van der Waals surface area (Å²) in [6, 6.07) is 54.9. The second kappa shape index (κ2) is 56.7. The van der Waals surface area contributed by atoms with Crippen molar-refractivity contribution in [2.45, 2.75) is 52.1 Å². The van der Waals surface area contributed by atoms with Crippen LogP contribution in [0.5, 0.6) is 97.7 Å². The molecule has 0 spiro atoms. The summed E-state index contributed by atoms with van der Waals surface area (Å²) in [6.45, 7) is 1.08. The molecule has 2 aliphatic rings. The molecule has 2 fully saturated rings. The number of anilines is 2. The Morgan fingerprint density at radius 3 is 1.11 bits per heavy atom. The van der Waals surface area contributed by atoms with Gasteiger partial charge in [-0.05, 0) is 159 Å². The van der Waals surface area contributed by atoms with E-state index in [-0.39, 0.29) is 74.7 Å². The maximum atomic E-state index is 11.8. The number of methoxy groups -OCH3 is 9. The molecule has 18 N–H and O–H groups in total. The number of nitrogens with zero attached hydrogens (tertiary/aromatic N) is 9. The summed E-state index contributed by atoms with van der Waals surface area (Å²) >= 11 is 16.4. The van der Waals surface area contributed by atoms with Gasteiger partial charge >= 0.3 is 11.4 Å². The Morgan fingerprint density at radius 1 is 0.423 bits per heavy atom. The van der Waals surface area contributed by atoms with Gasteiger partial charge in [0, 0.05) is 157 Å². The van der Waals surface area contributed by atoms with Crippen molar-refractivity contribution >= 4 is 142 Å². The third-order valence-electron chi connectivity index (χ3n) is 19.8. The molecule has 46 nitrogen and oxygen atoms in total. The van der Waals surface area contributed by atoms with E-state index in [0.29, 0.717) is 152 Å². The van der Waals surface area contributed by atoms with Gasteiger partial charge in [-0.3, -0.25) is 82.9 Å². The number of aromatic nitrogens is 6. The number of rotatable bonds is 23. The molecular formula is C100H102ClN17O29S2. The number of nitrogens with one attached hydrogen (secondary N) is 2. The molecule has 780 valence electrons. The van der Waals surface area contributed by atoms with Crippen molar-refractivity contribution < 1.29 is 116 Å². The van der Waals surface area contributed by atoms with Crippen LogP contribution < -0.4 is 113 Å². The number of carboxylic acid groups (broad SMARTS) is 1. The van der Waals surface area contributed by atoms with Crippen molar-refractivity contribution in [1.29, 1.82) is 0 Å². The number of carbonyl (C=O) groups is 5. The van der Waals surface area contributed by atoms with Gasteiger partial charge in [0.15, 0.2) is 10.2 Å². The van der Waals surface area contributed by atoms with E-state index in [1.807, 2.05) is 6.07 Å². The first-order valence-corrected chi connectivity index (χ1v) is 44.1. The minimum atomic E-state index is -1.50. The van der Waals surface area contributed by atoms with Crippen LogP contribution in [0.3, 0.4) is 0 Å². The minimum absolute atomic E-state index is 0. The van der Waals surface area contributed by atoms with Gasteiger partial charge in [0.2, 0.25) is 11.5 Å². The number of hydrogen-bond acceptors (Lipinski definition) is 35. The van der Waals surface area contributed by atoms with E-state index < -0.39 is 44.5 Å². The Bertz CT molecular complexity index is 7420. The van der Waals surface area contributed by atoms with Gasteiger partial charge in [0.25, 0.3) is 45.8 Å². The zero-order valence-corrected chi connectivity index (χ0v) is 82.6. The van der Waals surface area contributed by atoms with Crippen LogP contribution in [-0.4, -0.2) is 180 Å². The van der Waals surface area contributed by atoms with E-state index in [4.69, 9.17) is 158 Å². The normalized spacial score (nSPS) is 10.8. The molecule has 0 unspecified atom stereocenters. The number of phenols is 2. The van der Waals surface area contributed by atoms with Crippen LogP contribution in [0.2, 0.25) is 5.02 Å². The fraction of sp³-hybridized carbons (Fsp3) is 0.170. The predicted octanol–water partition coefficient (Wildman–Crippen LogP) is 15.3. The van der Waals surface area contributed by atoms with E-state index >= 15 is 0 Å². The number of pyridine rings is 6. The number of aromatic hydroxyl groups is 2. The van der Waals surface area contributed by atoms with E-state index in [2.05, 4.69) is 35.3 Å². The third-order valence-corrected chi connectivity index (χ3v) is 20.7. The molecule has 2 saturated carbocycles. The summed E-state index contributed by atoms with van der Waals surface area (Å²) in [5.41, 5.74) is 36.4. The van der Waals surface area contributed by atoms with E-state index in [0.717, 1.165) is 25.5 Å². The SMILES string of the molecule is C.CC(=O)O.COc1cc(O)ccc1[N+](=O)[O-].COc1cc(Oc2ccnc3cc(OC)c(C(N)=O)cc23)ccc1N.COc1cc(Oc2ccnc3cc(OC)c(C(N)=O)cc23)ccc1NC(=S)NC1CC1.COc1cc2nccc(Cl)c2cc1C(N)=O.COc1cc2nccc(Oc3ccc([N+](=O)[O-])c(OC)c3)c2cc1C(N)=O.COc1cccc(O)c1.NC1CC1.O=[N+]([O-])O.O=c1ccccn1C(=S)n1ccccc1=O. The number of primary amides is 4. The highest BCUT2D eigenvalue weighted by molar-refractivity contribution is 7.80. The van der Waals surface area contributed by atoms with Crippen LogP contribution in [0.4, 0.5) is 22.7 Å². The van der Waals surface area contributed by atoms with Crippen LogP contribution in [0.25, 0.3) is 43.6 Å². The number of phenolic OH excluding ortho intramolecular Hbond substituents is 2. The van der Waals surface area contributed by atoms with Crippen molar-refractivity contribution in [3.63, 3.8) is 0 Å². The number of carbonyl (C=O) groups excluding carboxylic acids is 4. The summed E-state index contributed by atoms with van der Waals surface area (Å²) in [5.74, 6) is 3.07. The van der Waals surface area contributed by atoms with Gasteiger partial charge in [-0.1, -0.05) is 37.2 Å². The van der Waals surface area contributed by atoms with E-state index in [1.165, 1.54) is 145 Å². The molecule has 0 radical (unpaired) electrons. The molecule has 9 aromatic carbocycles. The lowest BCUT2D eigenvalue weighted by atomic mass is 10.1. The van der Waals surface area contributed by atoms with Gasteiger partial charge in [-0.2, -0.15) is 0 Å². The number of aliphatic carboxylic acids is 1.